The Bertz CT molecular complexity index is 1540. The predicted molar refractivity (Wildman–Crippen MR) is 142 cm³/mol. The third-order valence-corrected chi connectivity index (χ3v) is 6.56. The number of carbonyl (C=O) groups excluding carboxylic acids is 1. The molecule has 6 heteroatoms. The molecule has 0 aliphatic carbocycles. The second kappa shape index (κ2) is 9.22. The molecule has 0 bridgehead atoms. The monoisotopic (exact) mass is 463 g/mol. The number of aryl methyl sites for hydroxylation is 3. The van der Waals surface area contributed by atoms with Crippen LogP contribution in [0.25, 0.3) is 27.9 Å². The molecule has 0 saturated heterocycles. The van der Waals surface area contributed by atoms with Crippen molar-refractivity contribution in [2.45, 2.75) is 39.7 Å². The van der Waals surface area contributed by atoms with Gasteiger partial charge in [0.15, 0.2) is 5.65 Å². The highest BCUT2D eigenvalue weighted by Gasteiger charge is 2.25. The standard InChI is InChI=1S/C29H29N5O/c1-18-13-16-22(17-19(18)2)34-27(30)25(26-28(34)33-24-12-8-7-11-23(24)32-26)29(35)31-20(3)14-15-21-9-5-4-6-10-21/h4-13,16-17,20H,14-15,30H2,1-3H3,(H,31,35). The summed E-state index contributed by atoms with van der Waals surface area (Å²) in [5.74, 6) is 0.103. The van der Waals surface area contributed by atoms with Crippen LogP contribution in [0.2, 0.25) is 0 Å². The Morgan fingerprint density at radius 3 is 2.34 bits per heavy atom. The number of para-hydroxylation sites is 2. The van der Waals surface area contributed by atoms with Crippen molar-refractivity contribution in [3.63, 3.8) is 0 Å². The fourth-order valence-electron chi connectivity index (χ4n) is 4.41. The van der Waals surface area contributed by atoms with Crippen LogP contribution >= 0.6 is 0 Å². The minimum atomic E-state index is -0.236. The topological polar surface area (TPSA) is 85.8 Å². The van der Waals surface area contributed by atoms with E-state index in [1.54, 1.807) is 0 Å². The van der Waals surface area contributed by atoms with Crippen LogP contribution < -0.4 is 11.1 Å². The van der Waals surface area contributed by atoms with Crippen LogP contribution in [0, 0.1) is 13.8 Å². The molecule has 5 rings (SSSR count). The molecule has 0 fully saturated rings. The Morgan fingerprint density at radius 2 is 1.63 bits per heavy atom. The van der Waals surface area contributed by atoms with Crippen LogP contribution in [0.5, 0.6) is 0 Å². The van der Waals surface area contributed by atoms with E-state index in [1.165, 1.54) is 11.1 Å². The molecule has 1 unspecified atom stereocenters. The van der Waals surface area contributed by atoms with Gasteiger partial charge in [-0.2, -0.15) is 0 Å². The van der Waals surface area contributed by atoms with E-state index in [9.17, 15) is 4.79 Å². The van der Waals surface area contributed by atoms with Crippen molar-refractivity contribution in [3.8, 4) is 5.69 Å². The SMILES string of the molecule is Cc1ccc(-n2c(N)c(C(=O)NC(C)CCc3ccccc3)c3nc4ccccc4nc32)cc1C. The minimum absolute atomic E-state index is 0.0319. The quantitative estimate of drug-likeness (QED) is 0.347. The highest BCUT2D eigenvalue weighted by Crippen LogP contribution is 2.31. The van der Waals surface area contributed by atoms with Gasteiger partial charge < -0.3 is 11.1 Å². The average Bonchev–Trinajstić information content (AvgIpc) is 3.14. The van der Waals surface area contributed by atoms with Crippen molar-refractivity contribution in [2.75, 3.05) is 5.73 Å². The van der Waals surface area contributed by atoms with E-state index in [4.69, 9.17) is 15.7 Å². The van der Waals surface area contributed by atoms with E-state index >= 15 is 0 Å². The van der Waals surface area contributed by atoms with Crippen molar-refractivity contribution in [2.24, 2.45) is 0 Å². The van der Waals surface area contributed by atoms with Crippen LogP contribution in [0.15, 0.2) is 72.8 Å². The highest BCUT2D eigenvalue weighted by molar-refractivity contribution is 6.11. The molecular weight excluding hydrogens is 434 g/mol. The number of carbonyl (C=O) groups is 1. The third-order valence-electron chi connectivity index (χ3n) is 6.56. The van der Waals surface area contributed by atoms with Crippen molar-refractivity contribution < 1.29 is 4.79 Å². The lowest BCUT2D eigenvalue weighted by Crippen LogP contribution is -2.33. The lowest BCUT2D eigenvalue weighted by molar-refractivity contribution is 0.0941. The first kappa shape index (κ1) is 22.6. The molecule has 2 aromatic heterocycles. The third kappa shape index (κ3) is 4.35. The second-order valence-electron chi connectivity index (χ2n) is 9.15. The Hall–Kier alpha value is -4.19. The van der Waals surface area contributed by atoms with Gasteiger partial charge in [-0.05, 0) is 74.6 Å². The van der Waals surface area contributed by atoms with Gasteiger partial charge in [0.25, 0.3) is 5.91 Å². The number of hydrogen-bond acceptors (Lipinski definition) is 4. The first-order valence-electron chi connectivity index (χ1n) is 11.9. The Labute approximate surface area is 204 Å². The largest absolute Gasteiger partial charge is 0.384 e. The smallest absolute Gasteiger partial charge is 0.257 e. The Kier molecular flexibility index (Phi) is 5.95. The summed E-state index contributed by atoms with van der Waals surface area (Å²) in [7, 11) is 0. The maximum absolute atomic E-state index is 13.5. The Balaban J connectivity index is 1.56. The predicted octanol–water partition coefficient (Wildman–Crippen LogP) is 5.52. The summed E-state index contributed by atoms with van der Waals surface area (Å²) < 4.78 is 1.84. The lowest BCUT2D eigenvalue weighted by atomic mass is 10.1. The number of nitrogens with one attached hydrogen (secondary N) is 1. The molecule has 176 valence electrons. The molecule has 0 aliphatic rings. The summed E-state index contributed by atoms with van der Waals surface area (Å²) in [5, 5.41) is 3.13. The van der Waals surface area contributed by atoms with Gasteiger partial charge in [-0.1, -0.05) is 48.5 Å². The number of nitrogens with zero attached hydrogens (tertiary/aromatic N) is 3. The number of anilines is 1. The van der Waals surface area contributed by atoms with Gasteiger partial charge in [-0.3, -0.25) is 9.36 Å². The van der Waals surface area contributed by atoms with Crippen molar-refractivity contribution in [1.29, 1.82) is 0 Å². The number of nitrogens with two attached hydrogens (primary N) is 1. The molecule has 6 nitrogen and oxygen atoms in total. The molecule has 5 aromatic rings. The number of rotatable bonds is 6. The molecule has 1 amide bonds. The van der Waals surface area contributed by atoms with E-state index in [0.717, 1.165) is 35.1 Å². The summed E-state index contributed by atoms with van der Waals surface area (Å²) in [6, 6.07) is 24.0. The van der Waals surface area contributed by atoms with Crippen molar-refractivity contribution in [1.82, 2.24) is 19.9 Å². The Morgan fingerprint density at radius 1 is 0.943 bits per heavy atom. The fourth-order valence-corrected chi connectivity index (χ4v) is 4.41. The first-order valence-corrected chi connectivity index (χ1v) is 11.9. The molecule has 1 atom stereocenters. The molecule has 0 aliphatic heterocycles. The summed E-state index contributed by atoms with van der Waals surface area (Å²) in [6.07, 6.45) is 1.70. The molecule has 0 saturated carbocycles. The normalized spacial score (nSPS) is 12.2. The van der Waals surface area contributed by atoms with Gasteiger partial charge in [-0.15, -0.1) is 0 Å². The lowest BCUT2D eigenvalue weighted by Gasteiger charge is -2.14. The number of benzene rings is 3. The number of nitrogen functional groups attached to an aromatic ring is 1. The number of amides is 1. The van der Waals surface area contributed by atoms with Crippen LogP contribution in [0.1, 0.15) is 40.4 Å². The molecule has 2 heterocycles. The second-order valence-corrected chi connectivity index (χ2v) is 9.15. The maximum Gasteiger partial charge on any atom is 0.257 e. The van der Waals surface area contributed by atoms with E-state index in [1.807, 2.05) is 60.0 Å². The van der Waals surface area contributed by atoms with Gasteiger partial charge in [0.1, 0.15) is 16.9 Å². The minimum Gasteiger partial charge on any atom is -0.384 e. The van der Waals surface area contributed by atoms with Crippen LogP contribution in [0.3, 0.4) is 0 Å². The molecule has 3 aromatic carbocycles. The van der Waals surface area contributed by atoms with Crippen LogP contribution in [0.4, 0.5) is 5.82 Å². The zero-order valence-electron chi connectivity index (χ0n) is 20.2. The first-order chi connectivity index (χ1) is 16.9. The van der Waals surface area contributed by atoms with E-state index < -0.39 is 0 Å². The average molecular weight is 464 g/mol. The van der Waals surface area contributed by atoms with Crippen molar-refractivity contribution >= 4 is 33.9 Å². The summed E-state index contributed by atoms with van der Waals surface area (Å²) in [5.41, 5.74) is 14.0. The highest BCUT2D eigenvalue weighted by atomic mass is 16.1. The van der Waals surface area contributed by atoms with Gasteiger partial charge in [0.2, 0.25) is 0 Å². The van der Waals surface area contributed by atoms with Gasteiger partial charge in [-0.25, -0.2) is 9.97 Å². The van der Waals surface area contributed by atoms with Gasteiger partial charge in [0, 0.05) is 11.7 Å². The van der Waals surface area contributed by atoms with Gasteiger partial charge in [0.05, 0.1) is 11.0 Å². The zero-order chi connectivity index (χ0) is 24.5. The summed E-state index contributed by atoms with van der Waals surface area (Å²) in [6.45, 7) is 6.14. The molecular formula is C29H29N5O. The van der Waals surface area contributed by atoms with E-state index in [-0.39, 0.29) is 11.9 Å². The molecule has 0 spiro atoms. The van der Waals surface area contributed by atoms with Crippen LogP contribution in [-0.2, 0) is 6.42 Å². The zero-order valence-corrected chi connectivity index (χ0v) is 20.2. The number of aromatic nitrogens is 3. The van der Waals surface area contributed by atoms with E-state index in [2.05, 4.69) is 43.4 Å². The van der Waals surface area contributed by atoms with Crippen molar-refractivity contribution in [3.05, 3.63) is 95.1 Å². The summed E-state index contributed by atoms with van der Waals surface area (Å²) >= 11 is 0. The molecule has 3 N–H and O–H groups in total. The number of hydrogen-bond donors (Lipinski definition) is 2. The fraction of sp³-hybridized carbons (Fsp3) is 0.207. The maximum atomic E-state index is 13.5. The van der Waals surface area contributed by atoms with E-state index in [0.29, 0.717) is 22.5 Å². The van der Waals surface area contributed by atoms with Gasteiger partial charge >= 0.3 is 0 Å². The summed E-state index contributed by atoms with van der Waals surface area (Å²) in [4.78, 5) is 23.2. The molecule has 0 radical (unpaired) electrons. The molecule has 35 heavy (non-hydrogen) atoms. The number of fused-ring (bicyclic) bond motifs is 2. The van der Waals surface area contributed by atoms with Crippen LogP contribution in [-0.4, -0.2) is 26.5 Å².